The molecule has 0 N–H and O–H groups in total. The molecule has 1 aromatic heterocycles. The van der Waals surface area contributed by atoms with E-state index >= 15 is 0 Å². The maximum atomic E-state index is 4.05. The van der Waals surface area contributed by atoms with Crippen molar-refractivity contribution < 1.29 is 0 Å². The molecule has 1 rings (SSSR count). The third-order valence-corrected chi connectivity index (χ3v) is 3.04. The van der Waals surface area contributed by atoms with Crippen molar-refractivity contribution in [2.24, 2.45) is 5.41 Å². The van der Waals surface area contributed by atoms with E-state index in [1.807, 2.05) is 18.7 Å². The van der Waals surface area contributed by atoms with Gasteiger partial charge in [-0.05, 0) is 24.7 Å². The minimum Gasteiger partial charge on any atom is -0.337 e. The lowest BCUT2D eigenvalue weighted by atomic mass is 9.83. The van der Waals surface area contributed by atoms with Gasteiger partial charge < -0.3 is 4.57 Å². The van der Waals surface area contributed by atoms with Gasteiger partial charge in [-0.3, -0.25) is 0 Å². The summed E-state index contributed by atoms with van der Waals surface area (Å²) < 4.78 is 2.16. The average molecular weight is 208 g/mol. The molecule has 0 radical (unpaired) electrons. The van der Waals surface area contributed by atoms with Crippen LogP contribution in [0.1, 0.15) is 52.9 Å². The van der Waals surface area contributed by atoms with Gasteiger partial charge in [0.05, 0.1) is 6.33 Å². The average Bonchev–Trinajstić information content (AvgIpc) is 2.67. The lowest BCUT2D eigenvalue weighted by Crippen LogP contribution is -2.12. The van der Waals surface area contributed by atoms with Gasteiger partial charge in [-0.1, -0.05) is 33.6 Å². The fourth-order valence-corrected chi connectivity index (χ4v) is 1.94. The largest absolute Gasteiger partial charge is 0.337 e. The molecule has 0 spiro atoms. The fraction of sp³-hybridized carbons (Fsp3) is 0.769. The first-order valence-electron chi connectivity index (χ1n) is 6.10. The van der Waals surface area contributed by atoms with Crippen LogP contribution in [0, 0.1) is 5.41 Å². The van der Waals surface area contributed by atoms with Gasteiger partial charge in [-0.25, -0.2) is 4.98 Å². The zero-order chi connectivity index (χ0) is 11.1. The second-order valence-corrected chi connectivity index (χ2v) is 5.17. The summed E-state index contributed by atoms with van der Waals surface area (Å²) in [6, 6.07) is 0. The predicted octanol–water partition coefficient (Wildman–Crippen LogP) is 3.88. The molecule has 2 nitrogen and oxygen atoms in total. The van der Waals surface area contributed by atoms with Crippen LogP contribution in [0.4, 0.5) is 0 Å². The van der Waals surface area contributed by atoms with Crippen molar-refractivity contribution in [2.45, 2.75) is 59.4 Å². The molecule has 0 fully saturated rings. The first-order chi connectivity index (χ1) is 7.14. The van der Waals surface area contributed by atoms with Gasteiger partial charge in [-0.2, -0.15) is 0 Å². The van der Waals surface area contributed by atoms with E-state index in [4.69, 9.17) is 0 Å². The zero-order valence-corrected chi connectivity index (χ0v) is 10.4. The van der Waals surface area contributed by atoms with Crippen LogP contribution in [0.5, 0.6) is 0 Å². The van der Waals surface area contributed by atoms with Crippen molar-refractivity contribution in [3.8, 4) is 0 Å². The number of imidazole rings is 1. The Bertz CT molecular complexity index is 250. The lowest BCUT2D eigenvalue weighted by Gasteiger charge is -2.24. The minimum atomic E-state index is 0.511. The van der Waals surface area contributed by atoms with Crippen LogP contribution in [-0.2, 0) is 6.54 Å². The van der Waals surface area contributed by atoms with Gasteiger partial charge in [0.2, 0.25) is 0 Å². The molecule has 0 atom stereocenters. The number of hydrogen-bond donors (Lipinski definition) is 0. The molecule has 86 valence electrons. The Kier molecular flexibility index (Phi) is 4.86. The van der Waals surface area contributed by atoms with Crippen molar-refractivity contribution in [3.05, 3.63) is 18.7 Å². The summed E-state index contributed by atoms with van der Waals surface area (Å²) in [4.78, 5) is 4.05. The second-order valence-electron chi connectivity index (χ2n) is 5.17. The molecule has 0 aliphatic carbocycles. The van der Waals surface area contributed by atoms with Gasteiger partial charge in [0.1, 0.15) is 0 Å². The highest BCUT2D eigenvalue weighted by Gasteiger charge is 2.16. The van der Waals surface area contributed by atoms with Crippen molar-refractivity contribution in [1.82, 2.24) is 9.55 Å². The molecule has 0 aliphatic rings. The maximum Gasteiger partial charge on any atom is 0.0945 e. The topological polar surface area (TPSA) is 17.8 Å². The molecule has 0 saturated carbocycles. The van der Waals surface area contributed by atoms with Crippen molar-refractivity contribution in [3.63, 3.8) is 0 Å². The molecule has 0 saturated heterocycles. The molecule has 2 heteroatoms. The summed E-state index contributed by atoms with van der Waals surface area (Å²) in [5.74, 6) is 0. The second kappa shape index (κ2) is 5.94. The Morgan fingerprint density at radius 3 is 2.53 bits per heavy atom. The van der Waals surface area contributed by atoms with Crippen molar-refractivity contribution >= 4 is 0 Å². The number of aryl methyl sites for hydroxylation is 1. The Labute approximate surface area is 93.7 Å². The SMILES string of the molecule is CCCCC(C)(C)CCCn1ccnc1. The van der Waals surface area contributed by atoms with Gasteiger partial charge >= 0.3 is 0 Å². The summed E-state index contributed by atoms with van der Waals surface area (Å²) in [5, 5.41) is 0. The van der Waals surface area contributed by atoms with E-state index in [1.165, 1.54) is 32.1 Å². The minimum absolute atomic E-state index is 0.511. The highest BCUT2D eigenvalue weighted by Crippen LogP contribution is 2.28. The van der Waals surface area contributed by atoms with Crippen molar-refractivity contribution in [2.75, 3.05) is 0 Å². The van der Waals surface area contributed by atoms with E-state index in [1.54, 1.807) is 0 Å². The van der Waals surface area contributed by atoms with Crippen LogP contribution in [0.15, 0.2) is 18.7 Å². The number of hydrogen-bond acceptors (Lipinski definition) is 1. The van der Waals surface area contributed by atoms with Crippen molar-refractivity contribution in [1.29, 1.82) is 0 Å². The van der Waals surface area contributed by atoms with Gasteiger partial charge in [-0.15, -0.1) is 0 Å². The summed E-state index contributed by atoms with van der Waals surface area (Å²) in [7, 11) is 0. The third-order valence-electron chi connectivity index (χ3n) is 3.04. The highest BCUT2D eigenvalue weighted by atomic mass is 15.0. The van der Waals surface area contributed by atoms with Gasteiger partial charge in [0, 0.05) is 18.9 Å². The molecule has 0 amide bonds. The summed E-state index contributed by atoms with van der Waals surface area (Å²) in [6.45, 7) is 8.14. The van der Waals surface area contributed by atoms with Gasteiger partial charge in [0.25, 0.3) is 0 Å². The van der Waals surface area contributed by atoms with E-state index in [2.05, 4.69) is 30.3 Å². The smallest absolute Gasteiger partial charge is 0.0945 e. The number of nitrogens with zero attached hydrogens (tertiary/aromatic N) is 2. The Hall–Kier alpha value is -0.790. The number of unbranched alkanes of at least 4 members (excludes halogenated alkanes) is 1. The van der Waals surface area contributed by atoms with Crippen LogP contribution in [-0.4, -0.2) is 9.55 Å². The third kappa shape index (κ3) is 5.01. The molecule has 0 aliphatic heterocycles. The van der Waals surface area contributed by atoms with Crippen LogP contribution in [0.25, 0.3) is 0 Å². The summed E-state index contributed by atoms with van der Waals surface area (Å²) in [5.41, 5.74) is 0.511. The molecule has 1 heterocycles. The maximum absolute atomic E-state index is 4.05. The predicted molar refractivity (Wildman–Crippen MR) is 64.8 cm³/mol. The fourth-order valence-electron chi connectivity index (χ4n) is 1.94. The molecular weight excluding hydrogens is 184 g/mol. The summed E-state index contributed by atoms with van der Waals surface area (Å²) >= 11 is 0. The summed E-state index contributed by atoms with van der Waals surface area (Å²) in [6.07, 6.45) is 12.4. The Balaban J connectivity index is 2.18. The molecular formula is C13H24N2. The highest BCUT2D eigenvalue weighted by molar-refractivity contribution is 4.75. The van der Waals surface area contributed by atoms with E-state index in [0.717, 1.165) is 6.54 Å². The molecule has 1 aromatic rings. The van der Waals surface area contributed by atoms with Gasteiger partial charge in [0.15, 0.2) is 0 Å². The monoisotopic (exact) mass is 208 g/mol. The van der Waals surface area contributed by atoms with E-state index in [0.29, 0.717) is 5.41 Å². The molecule has 0 aromatic carbocycles. The normalized spacial score (nSPS) is 11.9. The quantitative estimate of drug-likeness (QED) is 0.665. The molecule has 0 unspecified atom stereocenters. The molecule has 0 bridgehead atoms. The van der Waals surface area contributed by atoms with Crippen LogP contribution < -0.4 is 0 Å². The van der Waals surface area contributed by atoms with E-state index in [-0.39, 0.29) is 0 Å². The molecule has 15 heavy (non-hydrogen) atoms. The van der Waals surface area contributed by atoms with Crippen LogP contribution in [0.3, 0.4) is 0 Å². The standard InChI is InChI=1S/C13H24N2/c1-4-5-7-13(2,3)8-6-10-15-11-9-14-12-15/h9,11-12H,4-8,10H2,1-3H3. The Morgan fingerprint density at radius 1 is 1.20 bits per heavy atom. The Morgan fingerprint density at radius 2 is 1.93 bits per heavy atom. The lowest BCUT2D eigenvalue weighted by molar-refractivity contribution is 0.283. The van der Waals surface area contributed by atoms with E-state index in [9.17, 15) is 0 Å². The van der Waals surface area contributed by atoms with E-state index < -0.39 is 0 Å². The number of aromatic nitrogens is 2. The first-order valence-corrected chi connectivity index (χ1v) is 6.10. The van der Waals surface area contributed by atoms with Crippen LogP contribution in [0.2, 0.25) is 0 Å². The van der Waals surface area contributed by atoms with Crippen LogP contribution >= 0.6 is 0 Å². The first kappa shape index (κ1) is 12.3. The zero-order valence-electron chi connectivity index (χ0n) is 10.4. The number of rotatable bonds is 7.